The summed E-state index contributed by atoms with van der Waals surface area (Å²) in [4.78, 5) is 8.67. The van der Waals surface area contributed by atoms with Gasteiger partial charge in [-0.25, -0.2) is 9.97 Å². The molecule has 2 N–H and O–H groups in total. The lowest BCUT2D eigenvalue weighted by Gasteiger charge is -2.12. The van der Waals surface area contributed by atoms with Crippen LogP contribution in [0.1, 0.15) is 18.7 Å². The molecule has 1 unspecified atom stereocenters. The summed E-state index contributed by atoms with van der Waals surface area (Å²) in [6, 6.07) is 4.67. The maximum absolute atomic E-state index is 4.47. The van der Waals surface area contributed by atoms with Crippen molar-refractivity contribution in [1.82, 2.24) is 19.9 Å². The summed E-state index contributed by atoms with van der Waals surface area (Å²) in [6.07, 6.45) is 8.13. The Labute approximate surface area is 113 Å². The van der Waals surface area contributed by atoms with Crippen molar-refractivity contribution in [3.05, 3.63) is 36.5 Å². The van der Waals surface area contributed by atoms with E-state index in [2.05, 4.69) is 26.7 Å². The van der Waals surface area contributed by atoms with Crippen molar-refractivity contribution >= 4 is 5.69 Å². The third kappa shape index (κ3) is 2.76. The predicted octanol–water partition coefficient (Wildman–Crippen LogP) is 1.74. The molecule has 19 heavy (non-hydrogen) atoms. The lowest BCUT2D eigenvalue weighted by atomic mass is 10.2. The van der Waals surface area contributed by atoms with Gasteiger partial charge >= 0.3 is 0 Å². The van der Waals surface area contributed by atoms with Gasteiger partial charge in [-0.1, -0.05) is 0 Å². The van der Waals surface area contributed by atoms with Crippen molar-refractivity contribution in [1.29, 1.82) is 0 Å². The van der Waals surface area contributed by atoms with Crippen LogP contribution in [0.15, 0.2) is 30.7 Å². The molecule has 5 nitrogen and oxygen atoms in total. The van der Waals surface area contributed by atoms with Crippen molar-refractivity contribution in [2.24, 2.45) is 0 Å². The van der Waals surface area contributed by atoms with Crippen molar-refractivity contribution < 1.29 is 0 Å². The van der Waals surface area contributed by atoms with Crippen molar-refractivity contribution in [2.45, 2.75) is 25.8 Å². The van der Waals surface area contributed by atoms with Gasteiger partial charge in [0, 0.05) is 25.0 Å². The molecule has 2 aromatic rings. The fourth-order valence-electron chi connectivity index (χ4n) is 2.43. The van der Waals surface area contributed by atoms with Crippen molar-refractivity contribution in [2.75, 3.05) is 18.4 Å². The molecule has 0 radical (unpaired) electrons. The van der Waals surface area contributed by atoms with Gasteiger partial charge in [-0.05, 0) is 38.4 Å². The van der Waals surface area contributed by atoms with E-state index in [4.69, 9.17) is 0 Å². The fraction of sp³-hybridized carbons (Fsp3) is 0.429. The highest BCUT2D eigenvalue weighted by molar-refractivity contribution is 5.44. The van der Waals surface area contributed by atoms with Gasteiger partial charge in [-0.15, -0.1) is 0 Å². The first-order chi connectivity index (χ1) is 9.33. The lowest BCUT2D eigenvalue weighted by molar-refractivity contribution is 0.633. The van der Waals surface area contributed by atoms with Gasteiger partial charge in [0.05, 0.1) is 11.9 Å². The van der Waals surface area contributed by atoms with Crippen LogP contribution in [0.25, 0.3) is 5.82 Å². The molecule has 100 valence electrons. The maximum atomic E-state index is 4.47. The summed E-state index contributed by atoms with van der Waals surface area (Å²) < 4.78 is 1.97. The molecule has 0 aliphatic carbocycles. The first kappa shape index (κ1) is 12.2. The van der Waals surface area contributed by atoms with Gasteiger partial charge < -0.3 is 10.6 Å². The number of hydrogen-bond acceptors (Lipinski definition) is 4. The Bertz CT molecular complexity index is 525. The molecule has 1 aliphatic rings. The molecule has 0 bridgehead atoms. The molecule has 0 spiro atoms. The van der Waals surface area contributed by atoms with Crippen LogP contribution in [-0.2, 0) is 0 Å². The van der Waals surface area contributed by atoms with Crippen LogP contribution < -0.4 is 10.6 Å². The zero-order valence-electron chi connectivity index (χ0n) is 11.1. The zero-order chi connectivity index (χ0) is 13.1. The normalized spacial score (nSPS) is 18.7. The summed E-state index contributed by atoms with van der Waals surface area (Å²) in [5.41, 5.74) is 1.07. The van der Waals surface area contributed by atoms with Crippen LogP contribution in [0.5, 0.6) is 0 Å². The first-order valence-corrected chi connectivity index (χ1v) is 6.76. The molecule has 2 aromatic heterocycles. The number of imidazole rings is 1. The summed E-state index contributed by atoms with van der Waals surface area (Å²) in [7, 11) is 0. The molecule has 0 amide bonds. The molecule has 3 heterocycles. The predicted molar refractivity (Wildman–Crippen MR) is 75.6 cm³/mol. The number of hydrogen-bond donors (Lipinski definition) is 2. The van der Waals surface area contributed by atoms with E-state index in [9.17, 15) is 0 Å². The minimum absolute atomic E-state index is 0.593. The summed E-state index contributed by atoms with van der Waals surface area (Å²) in [6.45, 7) is 4.08. The lowest BCUT2D eigenvalue weighted by Crippen LogP contribution is -2.29. The first-order valence-electron chi connectivity index (χ1n) is 6.76. The Hall–Kier alpha value is -1.88. The second-order valence-corrected chi connectivity index (χ2v) is 4.92. The van der Waals surface area contributed by atoms with Gasteiger partial charge in [0.2, 0.25) is 0 Å². The van der Waals surface area contributed by atoms with Crippen LogP contribution in [0, 0.1) is 6.92 Å². The molecule has 0 aromatic carbocycles. The fourth-order valence-corrected chi connectivity index (χ4v) is 2.43. The van der Waals surface area contributed by atoms with Crippen LogP contribution in [0.2, 0.25) is 0 Å². The highest BCUT2D eigenvalue weighted by Crippen LogP contribution is 2.12. The van der Waals surface area contributed by atoms with Gasteiger partial charge in [-0.3, -0.25) is 4.57 Å². The average Bonchev–Trinajstić information content (AvgIpc) is 3.08. The van der Waals surface area contributed by atoms with Crippen LogP contribution in [0.4, 0.5) is 5.69 Å². The summed E-state index contributed by atoms with van der Waals surface area (Å²) in [5.74, 6) is 1.85. The quantitative estimate of drug-likeness (QED) is 0.876. The Balaban J connectivity index is 1.64. The summed E-state index contributed by atoms with van der Waals surface area (Å²) >= 11 is 0. The summed E-state index contributed by atoms with van der Waals surface area (Å²) in [5, 5.41) is 6.90. The number of anilines is 1. The largest absolute Gasteiger partial charge is 0.382 e. The molecule has 1 fully saturated rings. The van der Waals surface area contributed by atoms with Gasteiger partial charge in [0.15, 0.2) is 0 Å². The molecule has 1 aliphatic heterocycles. The SMILES string of the molecule is Cc1nccn1-c1ccc(NCC2CCCN2)cn1. The monoisotopic (exact) mass is 257 g/mol. The molecular formula is C14H19N5. The average molecular weight is 257 g/mol. The van der Waals surface area contributed by atoms with Crippen LogP contribution in [-0.4, -0.2) is 33.7 Å². The third-order valence-corrected chi connectivity index (χ3v) is 3.54. The highest BCUT2D eigenvalue weighted by Gasteiger charge is 2.13. The van der Waals surface area contributed by atoms with Gasteiger partial charge in [0.1, 0.15) is 11.6 Å². The van der Waals surface area contributed by atoms with E-state index in [-0.39, 0.29) is 0 Å². The topological polar surface area (TPSA) is 54.8 Å². The number of nitrogens with one attached hydrogen (secondary N) is 2. The number of pyridine rings is 1. The third-order valence-electron chi connectivity index (χ3n) is 3.54. The number of aromatic nitrogens is 3. The Morgan fingerprint density at radius 1 is 1.42 bits per heavy atom. The minimum atomic E-state index is 0.593. The van der Waals surface area contributed by atoms with Gasteiger partial charge in [0.25, 0.3) is 0 Å². The van der Waals surface area contributed by atoms with Crippen LogP contribution >= 0.6 is 0 Å². The van der Waals surface area contributed by atoms with E-state index in [1.807, 2.05) is 30.0 Å². The van der Waals surface area contributed by atoms with E-state index in [0.717, 1.165) is 30.4 Å². The standard InChI is InChI=1S/C14H19N5/c1-11-15-7-8-19(11)14-5-4-13(10-18-14)17-9-12-3-2-6-16-12/h4-5,7-8,10,12,16-17H,2-3,6,9H2,1H3. The second-order valence-electron chi connectivity index (χ2n) is 4.92. The molecular weight excluding hydrogens is 238 g/mol. The smallest absolute Gasteiger partial charge is 0.138 e. The molecule has 1 atom stereocenters. The molecule has 0 saturated carbocycles. The molecule has 1 saturated heterocycles. The van der Waals surface area contributed by atoms with Crippen molar-refractivity contribution in [3.8, 4) is 5.82 Å². The zero-order valence-corrected chi connectivity index (χ0v) is 11.1. The number of aryl methyl sites for hydroxylation is 1. The number of nitrogens with zero attached hydrogens (tertiary/aromatic N) is 3. The minimum Gasteiger partial charge on any atom is -0.382 e. The van der Waals surface area contributed by atoms with E-state index in [0.29, 0.717) is 6.04 Å². The van der Waals surface area contributed by atoms with Crippen LogP contribution in [0.3, 0.4) is 0 Å². The Kier molecular flexibility index (Phi) is 3.46. The maximum Gasteiger partial charge on any atom is 0.138 e. The Morgan fingerprint density at radius 2 is 2.37 bits per heavy atom. The van der Waals surface area contributed by atoms with E-state index in [1.165, 1.54) is 12.8 Å². The van der Waals surface area contributed by atoms with Gasteiger partial charge in [-0.2, -0.15) is 0 Å². The van der Waals surface area contributed by atoms with E-state index < -0.39 is 0 Å². The van der Waals surface area contributed by atoms with Crippen molar-refractivity contribution in [3.63, 3.8) is 0 Å². The molecule has 5 heteroatoms. The second kappa shape index (κ2) is 5.40. The Morgan fingerprint density at radius 3 is 3.00 bits per heavy atom. The highest BCUT2D eigenvalue weighted by atomic mass is 15.1. The van der Waals surface area contributed by atoms with E-state index >= 15 is 0 Å². The molecule has 3 rings (SSSR count). The number of rotatable bonds is 4. The van der Waals surface area contributed by atoms with E-state index in [1.54, 1.807) is 6.20 Å².